The molecule has 0 bridgehead atoms. The number of aliphatic hydroxyl groups is 3. The van der Waals surface area contributed by atoms with Crippen LogP contribution in [-0.2, 0) is 18.9 Å². The number of carbonyl (C=O) groups is 1. The van der Waals surface area contributed by atoms with Crippen LogP contribution >= 0.6 is 0 Å². The maximum atomic E-state index is 12.5. The highest BCUT2D eigenvalue weighted by Gasteiger charge is 2.23. The second kappa shape index (κ2) is 20.8. The van der Waals surface area contributed by atoms with Crippen molar-refractivity contribution in [1.29, 1.82) is 0 Å². The smallest absolute Gasteiger partial charge is 0.409 e. The molecule has 3 N–H and O–H groups in total. The van der Waals surface area contributed by atoms with Gasteiger partial charge in [-0.15, -0.1) is 0 Å². The minimum Gasteiger partial charge on any atom is -0.453 e. The van der Waals surface area contributed by atoms with Gasteiger partial charge in [-0.3, -0.25) is 14.7 Å². The number of hydrogen-bond donors (Lipinski definition) is 3. The van der Waals surface area contributed by atoms with E-state index in [4.69, 9.17) is 18.9 Å². The average Bonchev–Trinajstić information content (AvgIpc) is 2.88. The molecule has 0 aliphatic carbocycles. The van der Waals surface area contributed by atoms with E-state index < -0.39 is 24.4 Å². The standard InChI is InChI=1S/C25H52N4O8/c1-5-35-19-22(30)16-26-8-10-27(17-23(31)20-36-6-2)12-14-29(25(33)34-4)15-13-28(11-9-26)18-24(32)21-37-7-3/h22-24,30-32H,5-21H2,1-4H3. The lowest BCUT2D eigenvalue weighted by atomic mass is 10.2. The molecule has 12 nitrogen and oxygen atoms in total. The van der Waals surface area contributed by atoms with Crippen molar-refractivity contribution in [2.24, 2.45) is 0 Å². The van der Waals surface area contributed by atoms with E-state index in [1.807, 2.05) is 20.8 Å². The van der Waals surface area contributed by atoms with Gasteiger partial charge in [0.15, 0.2) is 0 Å². The molecule has 1 rings (SSSR count). The fourth-order valence-electron chi connectivity index (χ4n) is 4.21. The molecule has 0 aromatic rings. The molecule has 0 spiro atoms. The Balaban J connectivity index is 2.98. The van der Waals surface area contributed by atoms with Gasteiger partial charge < -0.3 is 39.2 Å². The van der Waals surface area contributed by atoms with Gasteiger partial charge in [0.05, 0.1) is 45.2 Å². The molecule has 3 unspecified atom stereocenters. The first-order valence-electron chi connectivity index (χ1n) is 13.6. The van der Waals surface area contributed by atoms with Crippen molar-refractivity contribution in [2.45, 2.75) is 39.1 Å². The van der Waals surface area contributed by atoms with Crippen LogP contribution in [0.1, 0.15) is 20.8 Å². The van der Waals surface area contributed by atoms with Crippen LogP contribution in [0.25, 0.3) is 0 Å². The van der Waals surface area contributed by atoms with Gasteiger partial charge in [0.1, 0.15) is 0 Å². The summed E-state index contributed by atoms with van der Waals surface area (Å²) in [5.41, 5.74) is 0. The van der Waals surface area contributed by atoms with Crippen molar-refractivity contribution in [3.63, 3.8) is 0 Å². The van der Waals surface area contributed by atoms with Crippen LogP contribution in [0.4, 0.5) is 4.79 Å². The van der Waals surface area contributed by atoms with E-state index in [1.54, 1.807) is 4.90 Å². The van der Waals surface area contributed by atoms with E-state index in [2.05, 4.69) is 14.7 Å². The monoisotopic (exact) mass is 536 g/mol. The molecule has 220 valence electrons. The highest BCUT2D eigenvalue weighted by atomic mass is 16.5. The van der Waals surface area contributed by atoms with Gasteiger partial charge in [0.25, 0.3) is 0 Å². The predicted octanol–water partition coefficient (Wildman–Crippen LogP) is -0.833. The Hall–Kier alpha value is -1.09. The van der Waals surface area contributed by atoms with Crippen molar-refractivity contribution in [2.75, 3.05) is 119 Å². The molecule has 12 heteroatoms. The topological polar surface area (TPSA) is 128 Å². The van der Waals surface area contributed by atoms with E-state index in [0.29, 0.717) is 91.8 Å². The lowest BCUT2D eigenvalue weighted by molar-refractivity contribution is 0.000735. The Morgan fingerprint density at radius 2 is 0.919 bits per heavy atom. The molecule has 1 aliphatic rings. The number of methoxy groups -OCH3 is 1. The average molecular weight is 537 g/mol. The summed E-state index contributed by atoms with van der Waals surface area (Å²) in [6.45, 7) is 14.0. The molecule has 0 saturated carbocycles. The molecule has 1 fully saturated rings. The SMILES string of the molecule is CCOCC(O)CN1CCN(CC(O)COCC)CCN(C(=O)OC)CCN(CC(O)COCC)CC1. The summed E-state index contributed by atoms with van der Waals surface area (Å²) in [5, 5.41) is 31.4. The van der Waals surface area contributed by atoms with Gasteiger partial charge >= 0.3 is 6.09 Å². The Morgan fingerprint density at radius 3 is 1.19 bits per heavy atom. The Morgan fingerprint density at radius 1 is 0.622 bits per heavy atom. The normalized spacial score (nSPS) is 20.1. The maximum Gasteiger partial charge on any atom is 0.409 e. The van der Waals surface area contributed by atoms with Gasteiger partial charge in [-0.2, -0.15) is 0 Å². The first kappa shape index (κ1) is 33.9. The second-order valence-corrected chi connectivity index (χ2v) is 9.30. The summed E-state index contributed by atoms with van der Waals surface area (Å²) >= 11 is 0. The molecule has 1 aliphatic heterocycles. The van der Waals surface area contributed by atoms with Gasteiger partial charge in [0.2, 0.25) is 0 Å². The molecule has 0 aromatic heterocycles. The number of carbonyl (C=O) groups excluding carboxylic acids is 1. The van der Waals surface area contributed by atoms with Gasteiger partial charge in [-0.05, 0) is 20.8 Å². The number of hydrogen-bond acceptors (Lipinski definition) is 11. The van der Waals surface area contributed by atoms with Gasteiger partial charge in [-0.25, -0.2) is 4.79 Å². The third-order valence-corrected chi connectivity index (χ3v) is 6.22. The zero-order chi connectivity index (χ0) is 27.5. The largest absolute Gasteiger partial charge is 0.453 e. The number of amides is 1. The quantitative estimate of drug-likeness (QED) is 0.243. The summed E-state index contributed by atoms with van der Waals surface area (Å²) in [4.78, 5) is 20.5. The number of nitrogens with zero attached hydrogens (tertiary/aromatic N) is 4. The van der Waals surface area contributed by atoms with Crippen LogP contribution in [0.15, 0.2) is 0 Å². The van der Waals surface area contributed by atoms with Crippen LogP contribution in [0, 0.1) is 0 Å². The Bertz CT molecular complexity index is 545. The minimum atomic E-state index is -0.640. The van der Waals surface area contributed by atoms with Crippen molar-refractivity contribution in [3.05, 3.63) is 0 Å². The van der Waals surface area contributed by atoms with E-state index in [0.717, 1.165) is 0 Å². The van der Waals surface area contributed by atoms with Gasteiger partial charge in [-0.1, -0.05) is 0 Å². The Kier molecular flexibility index (Phi) is 19.1. The molecule has 0 radical (unpaired) electrons. The molecular weight excluding hydrogens is 484 g/mol. The summed E-state index contributed by atoms with van der Waals surface area (Å²) in [7, 11) is 1.37. The zero-order valence-corrected chi connectivity index (χ0v) is 23.4. The van der Waals surface area contributed by atoms with Crippen LogP contribution in [0.2, 0.25) is 0 Å². The van der Waals surface area contributed by atoms with E-state index in [9.17, 15) is 20.1 Å². The molecule has 3 atom stereocenters. The van der Waals surface area contributed by atoms with Crippen LogP contribution in [-0.4, -0.2) is 178 Å². The minimum absolute atomic E-state index is 0.254. The van der Waals surface area contributed by atoms with Crippen LogP contribution < -0.4 is 0 Å². The van der Waals surface area contributed by atoms with E-state index in [-0.39, 0.29) is 19.8 Å². The lowest BCUT2D eigenvalue weighted by Gasteiger charge is -2.35. The van der Waals surface area contributed by atoms with Gasteiger partial charge in [0, 0.05) is 91.8 Å². The third-order valence-electron chi connectivity index (χ3n) is 6.22. The number of ether oxygens (including phenoxy) is 4. The first-order valence-corrected chi connectivity index (χ1v) is 13.6. The summed E-state index contributed by atoms with van der Waals surface area (Å²) in [6, 6.07) is 0. The van der Waals surface area contributed by atoms with Crippen molar-refractivity contribution in [1.82, 2.24) is 19.6 Å². The number of β-amino-alcohol motifs (C(OH)–C–C–N with tert-alkyl or cyclic N) is 3. The van der Waals surface area contributed by atoms with E-state index >= 15 is 0 Å². The first-order chi connectivity index (χ1) is 17.8. The molecule has 1 heterocycles. The molecule has 1 saturated heterocycles. The highest BCUT2D eigenvalue weighted by molar-refractivity contribution is 5.67. The fourth-order valence-corrected chi connectivity index (χ4v) is 4.21. The number of rotatable bonds is 15. The summed E-state index contributed by atoms with van der Waals surface area (Å²) in [6.07, 6.45) is -2.29. The molecular formula is C25H52N4O8. The number of aliphatic hydroxyl groups excluding tert-OH is 3. The Labute approximate surface area is 223 Å². The fraction of sp³-hybridized carbons (Fsp3) is 0.960. The van der Waals surface area contributed by atoms with Crippen molar-refractivity contribution >= 4 is 6.09 Å². The maximum absolute atomic E-state index is 12.5. The van der Waals surface area contributed by atoms with Crippen molar-refractivity contribution in [3.8, 4) is 0 Å². The predicted molar refractivity (Wildman–Crippen MR) is 141 cm³/mol. The zero-order valence-electron chi connectivity index (χ0n) is 23.4. The second-order valence-electron chi connectivity index (χ2n) is 9.30. The summed E-state index contributed by atoms with van der Waals surface area (Å²) in [5.74, 6) is 0. The summed E-state index contributed by atoms with van der Waals surface area (Å²) < 4.78 is 21.2. The molecule has 37 heavy (non-hydrogen) atoms. The molecule has 1 amide bonds. The highest BCUT2D eigenvalue weighted by Crippen LogP contribution is 2.05. The lowest BCUT2D eigenvalue weighted by Crippen LogP contribution is -2.50. The van der Waals surface area contributed by atoms with Crippen LogP contribution in [0.5, 0.6) is 0 Å². The van der Waals surface area contributed by atoms with Crippen LogP contribution in [0.3, 0.4) is 0 Å². The molecule has 0 aromatic carbocycles. The van der Waals surface area contributed by atoms with E-state index in [1.165, 1.54) is 7.11 Å². The van der Waals surface area contributed by atoms with Crippen molar-refractivity contribution < 1.29 is 39.1 Å². The third kappa shape index (κ3) is 15.8.